The Bertz CT molecular complexity index is 541. The van der Waals surface area contributed by atoms with Gasteiger partial charge in [0.1, 0.15) is 0 Å². The summed E-state index contributed by atoms with van der Waals surface area (Å²) < 4.78 is 6.12. The van der Waals surface area contributed by atoms with Gasteiger partial charge >= 0.3 is 0 Å². The molecule has 0 aliphatic heterocycles. The van der Waals surface area contributed by atoms with Crippen LogP contribution in [0.2, 0.25) is 0 Å². The zero-order valence-electron chi connectivity index (χ0n) is 10.6. The number of halogens is 1. The number of pyridine rings is 2. The number of hydrogen-bond donors (Lipinski definition) is 0. The molecule has 2 aromatic heterocycles. The fraction of sp³-hybridized carbons (Fsp3) is 0.286. The number of methoxy groups -OCH3 is 1. The van der Waals surface area contributed by atoms with Gasteiger partial charge in [-0.1, -0.05) is 13.8 Å². The molecule has 2 rings (SSSR count). The monoisotopic (exact) mass is 306 g/mol. The van der Waals surface area contributed by atoms with Crippen molar-refractivity contribution in [1.29, 1.82) is 0 Å². The van der Waals surface area contributed by atoms with Crippen molar-refractivity contribution in [1.82, 2.24) is 9.97 Å². The van der Waals surface area contributed by atoms with Crippen molar-refractivity contribution in [3.05, 3.63) is 40.8 Å². The lowest BCUT2D eigenvalue weighted by molar-refractivity contribution is 0.393. The van der Waals surface area contributed by atoms with Gasteiger partial charge in [0.05, 0.1) is 17.3 Å². The summed E-state index contributed by atoms with van der Waals surface area (Å²) in [6.45, 7) is 4.25. The van der Waals surface area contributed by atoms with Gasteiger partial charge in [0.15, 0.2) is 0 Å². The van der Waals surface area contributed by atoms with E-state index in [2.05, 4.69) is 45.8 Å². The summed E-state index contributed by atoms with van der Waals surface area (Å²) in [4.78, 5) is 8.62. The van der Waals surface area contributed by atoms with Crippen LogP contribution in [-0.2, 0) is 0 Å². The number of ether oxygens (including phenoxy) is 1. The van der Waals surface area contributed by atoms with Crippen LogP contribution in [0.3, 0.4) is 0 Å². The Hall–Kier alpha value is -1.42. The maximum absolute atomic E-state index is 5.26. The highest BCUT2D eigenvalue weighted by Crippen LogP contribution is 2.34. The molecule has 2 heterocycles. The Labute approximate surface area is 115 Å². The molecule has 0 radical (unpaired) electrons. The summed E-state index contributed by atoms with van der Waals surface area (Å²) in [5.74, 6) is 0.951. The molecule has 0 aromatic carbocycles. The summed E-state index contributed by atoms with van der Waals surface area (Å²) in [6.07, 6.45) is 3.58. The van der Waals surface area contributed by atoms with E-state index in [0.29, 0.717) is 11.8 Å². The van der Waals surface area contributed by atoms with Gasteiger partial charge in [-0.05, 0) is 45.6 Å². The van der Waals surface area contributed by atoms with E-state index in [9.17, 15) is 0 Å². The molecule has 0 fully saturated rings. The van der Waals surface area contributed by atoms with Gasteiger partial charge in [0.25, 0.3) is 0 Å². The van der Waals surface area contributed by atoms with Gasteiger partial charge in [0, 0.05) is 18.0 Å². The smallest absolute Gasteiger partial charge is 0.227 e. The van der Waals surface area contributed by atoms with E-state index in [1.54, 1.807) is 19.5 Å². The minimum atomic E-state index is 0.329. The molecular weight excluding hydrogens is 292 g/mol. The van der Waals surface area contributed by atoms with Crippen molar-refractivity contribution in [3.8, 4) is 17.0 Å². The summed E-state index contributed by atoms with van der Waals surface area (Å²) in [5.41, 5.74) is 3.26. The molecule has 0 atom stereocenters. The lowest BCUT2D eigenvalue weighted by Gasteiger charge is -2.14. The normalized spacial score (nSPS) is 10.7. The predicted molar refractivity (Wildman–Crippen MR) is 75.8 cm³/mol. The summed E-state index contributed by atoms with van der Waals surface area (Å²) in [7, 11) is 1.63. The third kappa shape index (κ3) is 2.53. The van der Waals surface area contributed by atoms with Crippen molar-refractivity contribution < 1.29 is 4.74 Å². The molecule has 2 aromatic rings. The van der Waals surface area contributed by atoms with Crippen LogP contribution in [0, 0.1) is 0 Å². The Balaban J connectivity index is 2.63. The van der Waals surface area contributed by atoms with E-state index < -0.39 is 0 Å². The molecular formula is C14H15BrN2O. The second kappa shape index (κ2) is 5.48. The highest BCUT2D eigenvalue weighted by molar-refractivity contribution is 9.10. The third-order valence-electron chi connectivity index (χ3n) is 2.70. The van der Waals surface area contributed by atoms with Crippen LogP contribution in [0.4, 0.5) is 0 Å². The highest BCUT2D eigenvalue weighted by atomic mass is 79.9. The van der Waals surface area contributed by atoms with E-state index >= 15 is 0 Å². The number of aromatic nitrogens is 2. The maximum atomic E-state index is 5.26. The Morgan fingerprint density at radius 1 is 1.22 bits per heavy atom. The van der Waals surface area contributed by atoms with E-state index in [0.717, 1.165) is 21.3 Å². The molecule has 0 amide bonds. The van der Waals surface area contributed by atoms with Crippen LogP contribution in [0.25, 0.3) is 11.1 Å². The van der Waals surface area contributed by atoms with Gasteiger partial charge in [-0.25, -0.2) is 4.98 Å². The van der Waals surface area contributed by atoms with E-state index in [4.69, 9.17) is 4.74 Å². The maximum Gasteiger partial charge on any atom is 0.227 e. The SMILES string of the molecule is COc1nc(C(C)C)c(-c2ccncc2)cc1Br. The molecule has 4 heteroatoms. The van der Waals surface area contributed by atoms with Crippen LogP contribution in [0.15, 0.2) is 35.1 Å². The van der Waals surface area contributed by atoms with Crippen molar-refractivity contribution in [2.75, 3.05) is 7.11 Å². The molecule has 0 spiro atoms. The van der Waals surface area contributed by atoms with Crippen LogP contribution in [-0.4, -0.2) is 17.1 Å². The molecule has 0 N–H and O–H groups in total. The first-order valence-electron chi connectivity index (χ1n) is 5.78. The van der Waals surface area contributed by atoms with Crippen molar-refractivity contribution >= 4 is 15.9 Å². The van der Waals surface area contributed by atoms with E-state index in [1.807, 2.05) is 12.1 Å². The minimum absolute atomic E-state index is 0.329. The zero-order chi connectivity index (χ0) is 13.1. The van der Waals surface area contributed by atoms with Crippen molar-refractivity contribution in [2.45, 2.75) is 19.8 Å². The van der Waals surface area contributed by atoms with Gasteiger partial charge < -0.3 is 4.74 Å². The summed E-state index contributed by atoms with van der Waals surface area (Å²) in [6, 6.07) is 6.03. The fourth-order valence-electron chi connectivity index (χ4n) is 1.83. The lowest BCUT2D eigenvalue weighted by atomic mass is 9.98. The molecule has 0 saturated heterocycles. The average molecular weight is 307 g/mol. The molecule has 3 nitrogen and oxygen atoms in total. The Morgan fingerprint density at radius 3 is 2.44 bits per heavy atom. The molecule has 94 valence electrons. The third-order valence-corrected chi connectivity index (χ3v) is 3.27. The fourth-order valence-corrected chi connectivity index (χ4v) is 2.31. The van der Waals surface area contributed by atoms with Gasteiger partial charge in [-0.2, -0.15) is 0 Å². The number of hydrogen-bond acceptors (Lipinski definition) is 3. The summed E-state index contributed by atoms with van der Waals surface area (Å²) >= 11 is 3.48. The first-order chi connectivity index (χ1) is 8.63. The van der Waals surface area contributed by atoms with Crippen molar-refractivity contribution in [2.24, 2.45) is 0 Å². The Morgan fingerprint density at radius 2 is 1.89 bits per heavy atom. The first-order valence-corrected chi connectivity index (χ1v) is 6.57. The average Bonchev–Trinajstić information content (AvgIpc) is 2.39. The molecule has 0 unspecified atom stereocenters. The zero-order valence-corrected chi connectivity index (χ0v) is 12.2. The first kappa shape index (κ1) is 13.0. The van der Waals surface area contributed by atoms with Gasteiger partial charge in [-0.15, -0.1) is 0 Å². The number of rotatable bonds is 3. The highest BCUT2D eigenvalue weighted by Gasteiger charge is 2.14. The molecule has 0 saturated carbocycles. The van der Waals surface area contributed by atoms with Gasteiger partial charge in [0.2, 0.25) is 5.88 Å². The van der Waals surface area contributed by atoms with Crippen LogP contribution < -0.4 is 4.74 Å². The second-order valence-electron chi connectivity index (χ2n) is 4.30. The second-order valence-corrected chi connectivity index (χ2v) is 5.16. The topological polar surface area (TPSA) is 35.0 Å². The lowest BCUT2D eigenvalue weighted by Crippen LogP contribution is -2.00. The van der Waals surface area contributed by atoms with E-state index in [-0.39, 0.29) is 0 Å². The summed E-state index contributed by atoms with van der Waals surface area (Å²) in [5, 5.41) is 0. The molecule has 0 aliphatic rings. The quantitative estimate of drug-likeness (QED) is 0.858. The minimum Gasteiger partial charge on any atom is -0.480 e. The van der Waals surface area contributed by atoms with E-state index in [1.165, 1.54) is 0 Å². The van der Waals surface area contributed by atoms with Crippen molar-refractivity contribution in [3.63, 3.8) is 0 Å². The predicted octanol–water partition coefficient (Wildman–Crippen LogP) is 4.04. The molecule has 0 bridgehead atoms. The number of nitrogens with zero attached hydrogens (tertiary/aromatic N) is 2. The van der Waals surface area contributed by atoms with Crippen LogP contribution in [0.1, 0.15) is 25.5 Å². The van der Waals surface area contributed by atoms with Crippen LogP contribution >= 0.6 is 15.9 Å². The molecule has 0 aliphatic carbocycles. The molecule has 18 heavy (non-hydrogen) atoms. The largest absolute Gasteiger partial charge is 0.480 e. The standard InChI is InChI=1S/C14H15BrN2O/c1-9(2)13-11(10-4-6-16-7-5-10)8-12(15)14(17-13)18-3/h4-9H,1-3H3. The Kier molecular flexibility index (Phi) is 3.97. The van der Waals surface area contributed by atoms with Crippen LogP contribution in [0.5, 0.6) is 5.88 Å². The van der Waals surface area contributed by atoms with Gasteiger partial charge in [-0.3, -0.25) is 4.98 Å².